The van der Waals surface area contributed by atoms with Crippen LogP contribution in [0, 0.1) is 0 Å². The highest BCUT2D eigenvalue weighted by Crippen LogP contribution is 2.32. The van der Waals surface area contributed by atoms with Crippen LogP contribution in [0.25, 0.3) is 0 Å². The van der Waals surface area contributed by atoms with E-state index in [1.807, 2.05) is 6.92 Å². The summed E-state index contributed by atoms with van der Waals surface area (Å²) in [6.07, 6.45) is 1.03. The van der Waals surface area contributed by atoms with Crippen molar-refractivity contribution in [1.82, 2.24) is 5.32 Å². The first-order valence-corrected chi connectivity index (χ1v) is 9.41. The normalized spacial score (nSPS) is 15.3. The van der Waals surface area contributed by atoms with Crippen LogP contribution >= 0.6 is 0 Å². The van der Waals surface area contributed by atoms with Crippen LogP contribution in [-0.2, 0) is 4.79 Å². The third-order valence-corrected chi connectivity index (χ3v) is 4.88. The summed E-state index contributed by atoms with van der Waals surface area (Å²) in [5.74, 6) is 1.51. The van der Waals surface area contributed by atoms with Gasteiger partial charge in [-0.3, -0.25) is 4.79 Å². The van der Waals surface area contributed by atoms with E-state index < -0.39 is 0 Å². The summed E-state index contributed by atoms with van der Waals surface area (Å²) in [5.41, 5.74) is 3.76. The number of carbonyl (C=O) groups excluding carboxylic acids is 1. The topological polar surface area (TPSA) is 41.6 Å². The predicted molar refractivity (Wildman–Crippen MR) is 106 cm³/mol. The maximum atomic E-state index is 11.2. The molecule has 0 saturated carbocycles. The van der Waals surface area contributed by atoms with Crippen molar-refractivity contribution < 1.29 is 9.53 Å². The highest BCUT2D eigenvalue weighted by atomic mass is 16.5. The molecule has 138 valence electrons. The Hall–Kier alpha value is -2.49. The van der Waals surface area contributed by atoms with Crippen molar-refractivity contribution >= 4 is 11.6 Å². The van der Waals surface area contributed by atoms with Crippen molar-refractivity contribution in [1.29, 1.82) is 0 Å². The lowest BCUT2D eigenvalue weighted by molar-refractivity contribution is -0.119. The van der Waals surface area contributed by atoms with Crippen LogP contribution in [0.15, 0.2) is 48.5 Å². The second-order valence-corrected chi connectivity index (χ2v) is 7.03. The third-order valence-electron chi connectivity index (χ3n) is 4.88. The van der Waals surface area contributed by atoms with E-state index in [1.54, 1.807) is 6.92 Å². The highest BCUT2D eigenvalue weighted by molar-refractivity contribution is 5.73. The zero-order valence-corrected chi connectivity index (χ0v) is 15.9. The second kappa shape index (κ2) is 8.26. The monoisotopic (exact) mass is 352 g/mol. The van der Waals surface area contributed by atoms with Gasteiger partial charge in [-0.25, -0.2) is 0 Å². The standard InChI is InChI=1S/C22H28N2O2/c1-4-13-26-22-11-9-21(10-12-22)24-14-20(15-24)19-7-5-18(6-8-19)16(2)23-17(3)25/h5-12,16,20H,4,13-15H2,1-3H3,(H,23,25)/t16-/m0/s1. The average Bonchev–Trinajstić information content (AvgIpc) is 2.60. The molecule has 4 nitrogen and oxygen atoms in total. The Morgan fingerprint density at radius 3 is 2.38 bits per heavy atom. The minimum absolute atomic E-state index is 0.00215. The molecular formula is C22H28N2O2. The Kier molecular flexibility index (Phi) is 5.82. The lowest BCUT2D eigenvalue weighted by Crippen LogP contribution is -2.45. The quantitative estimate of drug-likeness (QED) is 0.809. The molecular weight excluding hydrogens is 324 g/mol. The van der Waals surface area contributed by atoms with Crippen LogP contribution < -0.4 is 15.0 Å². The second-order valence-electron chi connectivity index (χ2n) is 7.03. The number of amides is 1. The summed E-state index contributed by atoms with van der Waals surface area (Å²) < 4.78 is 5.64. The van der Waals surface area contributed by atoms with Gasteiger partial charge in [0, 0.05) is 31.6 Å². The fraction of sp³-hybridized carbons (Fsp3) is 0.409. The van der Waals surface area contributed by atoms with Gasteiger partial charge < -0.3 is 15.0 Å². The van der Waals surface area contributed by atoms with E-state index in [4.69, 9.17) is 4.74 Å². The average molecular weight is 352 g/mol. The van der Waals surface area contributed by atoms with Gasteiger partial charge in [-0.15, -0.1) is 0 Å². The molecule has 1 heterocycles. The van der Waals surface area contributed by atoms with Crippen molar-refractivity contribution in [3.8, 4) is 5.75 Å². The van der Waals surface area contributed by atoms with E-state index >= 15 is 0 Å². The molecule has 0 aromatic heterocycles. The molecule has 1 aliphatic heterocycles. The molecule has 0 radical (unpaired) electrons. The van der Waals surface area contributed by atoms with Crippen LogP contribution in [0.4, 0.5) is 5.69 Å². The van der Waals surface area contributed by atoms with Crippen molar-refractivity contribution in [3.63, 3.8) is 0 Å². The van der Waals surface area contributed by atoms with Gasteiger partial charge in [0.25, 0.3) is 0 Å². The van der Waals surface area contributed by atoms with Gasteiger partial charge in [-0.1, -0.05) is 31.2 Å². The largest absolute Gasteiger partial charge is 0.494 e. The summed E-state index contributed by atoms with van der Waals surface area (Å²) >= 11 is 0. The van der Waals surface area contributed by atoms with Crippen molar-refractivity contribution in [2.75, 3.05) is 24.6 Å². The molecule has 1 aliphatic rings. The number of ether oxygens (including phenoxy) is 1. The maximum absolute atomic E-state index is 11.2. The van der Waals surface area contributed by atoms with Crippen LogP contribution in [0.2, 0.25) is 0 Å². The number of nitrogens with zero attached hydrogens (tertiary/aromatic N) is 1. The van der Waals surface area contributed by atoms with E-state index in [-0.39, 0.29) is 11.9 Å². The molecule has 0 aliphatic carbocycles. The Bertz CT molecular complexity index is 719. The first-order valence-electron chi connectivity index (χ1n) is 9.41. The molecule has 0 unspecified atom stereocenters. The van der Waals surface area contributed by atoms with Crippen LogP contribution in [-0.4, -0.2) is 25.6 Å². The molecule has 1 N–H and O–H groups in total. The fourth-order valence-electron chi connectivity index (χ4n) is 3.32. The summed E-state index contributed by atoms with van der Waals surface area (Å²) in [5, 5.41) is 2.92. The Morgan fingerprint density at radius 1 is 1.15 bits per heavy atom. The minimum atomic E-state index is 0.00215. The molecule has 1 amide bonds. The van der Waals surface area contributed by atoms with Gasteiger partial charge >= 0.3 is 0 Å². The molecule has 26 heavy (non-hydrogen) atoms. The van der Waals surface area contributed by atoms with Gasteiger partial charge in [0.1, 0.15) is 5.75 Å². The lowest BCUT2D eigenvalue weighted by Gasteiger charge is -2.41. The zero-order chi connectivity index (χ0) is 18.5. The van der Waals surface area contributed by atoms with Gasteiger partial charge in [-0.2, -0.15) is 0 Å². The number of hydrogen-bond donors (Lipinski definition) is 1. The number of rotatable bonds is 7. The van der Waals surface area contributed by atoms with E-state index in [0.29, 0.717) is 5.92 Å². The maximum Gasteiger partial charge on any atom is 0.217 e. The molecule has 4 heteroatoms. The van der Waals surface area contributed by atoms with E-state index in [0.717, 1.165) is 37.4 Å². The number of carbonyl (C=O) groups is 1. The first-order chi connectivity index (χ1) is 12.6. The first kappa shape index (κ1) is 18.3. The Balaban J connectivity index is 1.53. The molecule has 2 aromatic rings. The molecule has 1 fully saturated rings. The van der Waals surface area contributed by atoms with Crippen LogP contribution in [0.1, 0.15) is 50.3 Å². The van der Waals surface area contributed by atoms with Gasteiger partial charge in [0.15, 0.2) is 0 Å². The van der Waals surface area contributed by atoms with E-state index in [1.165, 1.54) is 11.3 Å². The van der Waals surface area contributed by atoms with Crippen LogP contribution in [0.3, 0.4) is 0 Å². The highest BCUT2D eigenvalue weighted by Gasteiger charge is 2.28. The third kappa shape index (κ3) is 4.37. The number of hydrogen-bond acceptors (Lipinski definition) is 3. The molecule has 1 saturated heterocycles. The molecule has 1 atom stereocenters. The summed E-state index contributed by atoms with van der Waals surface area (Å²) in [4.78, 5) is 13.6. The molecule has 0 spiro atoms. The summed E-state index contributed by atoms with van der Waals surface area (Å²) in [6.45, 7) is 8.51. The number of nitrogens with one attached hydrogen (secondary N) is 1. The van der Waals surface area contributed by atoms with Gasteiger partial charge in [0.05, 0.1) is 12.6 Å². The number of benzene rings is 2. The lowest BCUT2D eigenvalue weighted by atomic mass is 9.90. The molecule has 2 aromatic carbocycles. The molecule has 3 rings (SSSR count). The fourth-order valence-corrected chi connectivity index (χ4v) is 3.32. The molecule has 0 bridgehead atoms. The van der Waals surface area contributed by atoms with E-state index in [9.17, 15) is 4.79 Å². The Labute approximate surface area is 156 Å². The number of anilines is 1. The summed E-state index contributed by atoms with van der Waals surface area (Å²) in [6, 6.07) is 17.1. The van der Waals surface area contributed by atoms with E-state index in [2.05, 4.69) is 65.7 Å². The van der Waals surface area contributed by atoms with Crippen molar-refractivity contribution in [3.05, 3.63) is 59.7 Å². The van der Waals surface area contributed by atoms with Gasteiger partial charge in [0.2, 0.25) is 5.91 Å². The zero-order valence-electron chi connectivity index (χ0n) is 15.9. The van der Waals surface area contributed by atoms with Crippen molar-refractivity contribution in [2.45, 2.75) is 39.2 Å². The van der Waals surface area contributed by atoms with Crippen molar-refractivity contribution in [2.24, 2.45) is 0 Å². The smallest absolute Gasteiger partial charge is 0.217 e. The Morgan fingerprint density at radius 2 is 1.81 bits per heavy atom. The minimum Gasteiger partial charge on any atom is -0.494 e. The predicted octanol–water partition coefficient (Wildman–Crippen LogP) is 4.28. The van der Waals surface area contributed by atoms with Crippen LogP contribution in [0.5, 0.6) is 5.75 Å². The SMILES string of the molecule is CCCOc1ccc(N2CC(c3ccc([C@H](C)NC(C)=O)cc3)C2)cc1. The van der Waals surface area contributed by atoms with Gasteiger partial charge in [-0.05, 0) is 48.7 Å². The summed E-state index contributed by atoms with van der Waals surface area (Å²) in [7, 11) is 0.